The molecule has 1 fully saturated rings. The molecule has 2 aromatic rings. The number of rotatable bonds is 12. The molecular formula is C20H23N9O7S3. The minimum atomic E-state index is -1.29. The second kappa shape index (κ2) is 12.0. The molecule has 2 amide bonds. The maximum atomic E-state index is 13.1. The van der Waals surface area contributed by atoms with Crippen LogP contribution in [0.3, 0.4) is 0 Å². The predicted octanol–water partition coefficient (Wildman–Crippen LogP) is -0.153. The van der Waals surface area contributed by atoms with E-state index in [1.807, 2.05) is 0 Å². The third kappa shape index (κ3) is 6.31. The summed E-state index contributed by atoms with van der Waals surface area (Å²) in [5.74, 6) is -3.17. The number of thioether (sulfide) groups is 2. The van der Waals surface area contributed by atoms with Crippen molar-refractivity contribution in [3.63, 3.8) is 0 Å². The Bertz CT molecular complexity index is 1360. The van der Waals surface area contributed by atoms with E-state index < -0.39 is 35.2 Å². The molecule has 0 bridgehead atoms. The number of β-lactam (4-membered cyclic amide) rings is 1. The van der Waals surface area contributed by atoms with Crippen molar-refractivity contribution < 1.29 is 34.2 Å². The Kier molecular flexibility index (Phi) is 8.70. The summed E-state index contributed by atoms with van der Waals surface area (Å²) >= 11 is 3.54. The molecule has 0 saturated carbocycles. The first-order valence-electron chi connectivity index (χ1n) is 11.3. The number of anilines is 1. The molecule has 0 spiro atoms. The van der Waals surface area contributed by atoms with Gasteiger partial charge in [0.15, 0.2) is 10.8 Å². The molecule has 2 unspecified atom stereocenters. The molecule has 4 heterocycles. The smallest absolute Gasteiger partial charge is 0.352 e. The highest BCUT2D eigenvalue weighted by molar-refractivity contribution is 8.01. The number of tetrazole rings is 1. The number of nitrogens with zero attached hydrogens (tertiary/aromatic N) is 7. The number of aromatic nitrogens is 5. The van der Waals surface area contributed by atoms with Gasteiger partial charge in [0, 0.05) is 16.9 Å². The van der Waals surface area contributed by atoms with Gasteiger partial charge < -0.3 is 26.1 Å². The van der Waals surface area contributed by atoms with Crippen LogP contribution in [0, 0.1) is 0 Å². The fourth-order valence-corrected chi connectivity index (χ4v) is 6.49. The number of hydrogen-bond donors (Lipinski definition) is 4. The quantitative estimate of drug-likeness (QED) is 0.108. The summed E-state index contributed by atoms with van der Waals surface area (Å²) in [5, 5.41) is 37.9. The van der Waals surface area contributed by atoms with E-state index in [0.29, 0.717) is 10.7 Å². The van der Waals surface area contributed by atoms with Gasteiger partial charge in [-0.15, -0.1) is 28.2 Å². The number of thiazole rings is 1. The second-order valence-corrected chi connectivity index (χ2v) is 11.3. The predicted molar refractivity (Wildman–Crippen MR) is 140 cm³/mol. The molecule has 39 heavy (non-hydrogen) atoms. The Morgan fingerprint density at radius 3 is 2.77 bits per heavy atom. The lowest BCUT2D eigenvalue weighted by molar-refractivity contribution is -0.150. The Labute approximate surface area is 233 Å². The minimum absolute atomic E-state index is 0.0549. The largest absolute Gasteiger partial charge is 0.481 e. The van der Waals surface area contributed by atoms with Crippen molar-refractivity contribution in [2.45, 2.75) is 49.5 Å². The highest BCUT2D eigenvalue weighted by Gasteiger charge is 2.54. The van der Waals surface area contributed by atoms with Crippen molar-refractivity contribution in [2.24, 2.45) is 5.16 Å². The Morgan fingerprint density at radius 1 is 1.36 bits per heavy atom. The number of carboxylic acid groups (broad SMARTS) is 2. The van der Waals surface area contributed by atoms with E-state index >= 15 is 0 Å². The van der Waals surface area contributed by atoms with Gasteiger partial charge in [0.05, 0.1) is 13.0 Å². The number of nitrogen functional groups attached to an aromatic ring is 1. The molecule has 4 rings (SSSR count). The molecule has 19 heteroatoms. The summed E-state index contributed by atoms with van der Waals surface area (Å²) in [5.41, 5.74) is 6.01. The lowest BCUT2D eigenvalue weighted by Crippen LogP contribution is -2.71. The number of aryl methyl sites for hydroxylation is 1. The molecule has 0 aliphatic carbocycles. The molecule has 1 saturated heterocycles. The first-order valence-corrected chi connectivity index (χ1v) is 14.2. The molecule has 2 aromatic heterocycles. The number of fused-ring (bicyclic) bond motifs is 1. The van der Waals surface area contributed by atoms with Crippen molar-refractivity contribution in [1.82, 2.24) is 35.4 Å². The summed E-state index contributed by atoms with van der Waals surface area (Å²) < 4.78 is 1.32. The van der Waals surface area contributed by atoms with Gasteiger partial charge in [-0.3, -0.25) is 19.3 Å². The number of carbonyl (C=O) groups excluding carboxylic acids is 2. The number of carbonyl (C=O) groups is 4. The first kappa shape index (κ1) is 28.3. The lowest BCUT2D eigenvalue weighted by Gasteiger charge is -2.49. The van der Waals surface area contributed by atoms with Crippen LogP contribution in [-0.4, -0.2) is 98.8 Å². The van der Waals surface area contributed by atoms with E-state index in [1.165, 1.54) is 21.8 Å². The lowest BCUT2D eigenvalue weighted by atomic mass is 10.0. The summed E-state index contributed by atoms with van der Waals surface area (Å²) in [6.45, 7) is 3.51. The molecule has 5 N–H and O–H groups in total. The highest BCUT2D eigenvalue weighted by atomic mass is 32.2. The molecule has 208 valence electrons. The summed E-state index contributed by atoms with van der Waals surface area (Å²) in [4.78, 5) is 59.6. The number of aliphatic carboxylic acids is 2. The van der Waals surface area contributed by atoms with E-state index in [2.05, 4.69) is 31.0 Å². The number of oxime groups is 1. The number of nitrogens with one attached hydrogen (secondary N) is 1. The summed E-state index contributed by atoms with van der Waals surface area (Å²) in [7, 11) is 0. The maximum absolute atomic E-state index is 13.1. The van der Waals surface area contributed by atoms with Crippen molar-refractivity contribution in [2.75, 3.05) is 17.2 Å². The van der Waals surface area contributed by atoms with Crippen molar-refractivity contribution in [3.8, 4) is 0 Å². The summed E-state index contributed by atoms with van der Waals surface area (Å²) in [6.07, 6.45) is -0.500. The number of carboxylic acids is 2. The van der Waals surface area contributed by atoms with Gasteiger partial charge in [-0.25, -0.2) is 14.5 Å². The van der Waals surface area contributed by atoms with E-state index in [1.54, 1.807) is 13.8 Å². The molecule has 0 aromatic carbocycles. The fraction of sp³-hybridized carbons (Fsp3) is 0.450. The van der Waals surface area contributed by atoms with Gasteiger partial charge >= 0.3 is 11.9 Å². The van der Waals surface area contributed by atoms with Crippen LogP contribution in [0.2, 0.25) is 0 Å². The highest BCUT2D eigenvalue weighted by Crippen LogP contribution is 2.41. The maximum Gasteiger partial charge on any atom is 0.352 e. The monoisotopic (exact) mass is 597 g/mol. The SMILES string of the molecule is CC(C)O/N=C(/C(=O)NC1C(=O)N2C(C(=O)O)=C(CSc3nnnn3CCC(=O)O)CSC12)c1csc(N)n1. The topological polar surface area (TPSA) is 228 Å². The zero-order valence-corrected chi connectivity index (χ0v) is 23.0. The Balaban J connectivity index is 1.47. The zero-order chi connectivity index (χ0) is 28.3. The van der Waals surface area contributed by atoms with Crippen LogP contribution in [0.5, 0.6) is 0 Å². The molecule has 2 aliphatic heterocycles. The molecule has 16 nitrogen and oxygen atoms in total. The summed E-state index contributed by atoms with van der Waals surface area (Å²) in [6, 6.07) is -0.991. The molecule has 0 radical (unpaired) electrons. The van der Waals surface area contributed by atoms with Crippen molar-refractivity contribution in [1.29, 1.82) is 0 Å². The fourth-order valence-electron chi connectivity index (χ4n) is 3.56. The average molecular weight is 598 g/mol. The van der Waals surface area contributed by atoms with Gasteiger partial charge in [-0.1, -0.05) is 16.9 Å². The Morgan fingerprint density at radius 2 is 2.13 bits per heavy atom. The molecule has 2 atom stereocenters. The van der Waals surface area contributed by atoms with Gasteiger partial charge in [0.1, 0.15) is 28.9 Å². The van der Waals surface area contributed by atoms with E-state index in [9.17, 15) is 24.3 Å². The molecule has 2 aliphatic rings. The van der Waals surface area contributed by atoms with Gasteiger partial charge in [0.2, 0.25) is 5.16 Å². The van der Waals surface area contributed by atoms with E-state index in [-0.39, 0.29) is 52.8 Å². The van der Waals surface area contributed by atoms with Crippen LogP contribution in [0.25, 0.3) is 0 Å². The van der Waals surface area contributed by atoms with Crippen LogP contribution < -0.4 is 11.1 Å². The third-order valence-corrected chi connectivity index (χ3v) is 8.34. The molecular weight excluding hydrogens is 574 g/mol. The first-order chi connectivity index (χ1) is 18.6. The third-order valence-electron chi connectivity index (χ3n) is 5.28. The van der Waals surface area contributed by atoms with Crippen LogP contribution >= 0.6 is 34.9 Å². The minimum Gasteiger partial charge on any atom is -0.481 e. The standard InChI is InChI=1S/C20H23N9O7S3/c1-8(2)36-25-12(10-7-38-19(21)22-10)15(32)23-13-16(33)29-14(18(34)35)9(5-37-17(13)29)6-39-20-24-26-27-28(20)4-3-11(30)31/h7-8,13,17H,3-6H2,1-2H3,(H2,21,22)(H,23,32)(H,30,31)(H,34,35)/b25-12+. The van der Waals surface area contributed by atoms with E-state index in [4.69, 9.17) is 15.7 Å². The average Bonchev–Trinajstić information content (AvgIpc) is 3.52. The number of hydrogen-bond acceptors (Lipinski definition) is 14. The van der Waals surface area contributed by atoms with Crippen molar-refractivity contribution in [3.05, 3.63) is 22.3 Å². The van der Waals surface area contributed by atoms with Gasteiger partial charge in [-0.05, 0) is 29.8 Å². The van der Waals surface area contributed by atoms with E-state index in [0.717, 1.165) is 28.0 Å². The van der Waals surface area contributed by atoms with Gasteiger partial charge in [0.25, 0.3) is 11.8 Å². The second-order valence-electron chi connectivity index (χ2n) is 8.40. The number of nitrogens with two attached hydrogens (primary N) is 1. The number of amides is 2. The van der Waals surface area contributed by atoms with Crippen LogP contribution in [-0.2, 0) is 30.6 Å². The zero-order valence-electron chi connectivity index (χ0n) is 20.5. The van der Waals surface area contributed by atoms with Crippen LogP contribution in [0.1, 0.15) is 26.0 Å². The van der Waals surface area contributed by atoms with Crippen LogP contribution in [0.15, 0.2) is 27.0 Å². The Hall–Kier alpha value is -3.71. The normalized spacial score (nSPS) is 19.1. The van der Waals surface area contributed by atoms with Gasteiger partial charge in [-0.2, -0.15) is 0 Å². The van der Waals surface area contributed by atoms with Crippen LogP contribution in [0.4, 0.5) is 5.13 Å². The van der Waals surface area contributed by atoms with Crippen molar-refractivity contribution >= 4 is 69.5 Å².